The third-order valence-electron chi connectivity index (χ3n) is 5.11. The van der Waals surface area contributed by atoms with Crippen LogP contribution in [0.25, 0.3) is 0 Å². The number of hydrogen-bond donors (Lipinski definition) is 1. The third kappa shape index (κ3) is 3.15. The number of nitrogens with zero attached hydrogens (tertiary/aromatic N) is 1. The standard InChI is InChI=1S/C15H25NO3S/c17-14(18)10-16(12-3-1-2-4-12)13-5-7-19-15(9-13)6-8-20-11-15/h12-13H,1-11H2,(H,17,18). The van der Waals surface area contributed by atoms with E-state index in [1.807, 2.05) is 11.8 Å². The van der Waals surface area contributed by atoms with Crippen molar-refractivity contribution >= 4 is 17.7 Å². The molecule has 2 unspecified atom stereocenters. The van der Waals surface area contributed by atoms with Crippen LogP contribution in [0, 0.1) is 0 Å². The quantitative estimate of drug-likeness (QED) is 0.863. The van der Waals surface area contributed by atoms with Crippen molar-refractivity contribution < 1.29 is 14.6 Å². The van der Waals surface area contributed by atoms with Crippen LogP contribution in [0.15, 0.2) is 0 Å². The molecule has 0 aromatic rings. The van der Waals surface area contributed by atoms with Crippen LogP contribution in [-0.2, 0) is 9.53 Å². The van der Waals surface area contributed by atoms with Gasteiger partial charge in [0.2, 0.25) is 0 Å². The van der Waals surface area contributed by atoms with Crippen LogP contribution in [0.5, 0.6) is 0 Å². The second-order valence-electron chi connectivity index (χ2n) is 6.49. The lowest BCUT2D eigenvalue weighted by molar-refractivity contribution is -0.143. The Kier molecular flexibility index (Phi) is 4.58. The summed E-state index contributed by atoms with van der Waals surface area (Å²) in [7, 11) is 0. The van der Waals surface area contributed by atoms with Gasteiger partial charge in [0.25, 0.3) is 0 Å². The second-order valence-corrected chi connectivity index (χ2v) is 7.59. The summed E-state index contributed by atoms with van der Waals surface area (Å²) < 4.78 is 6.08. The van der Waals surface area contributed by atoms with Crippen LogP contribution >= 0.6 is 11.8 Å². The maximum atomic E-state index is 11.2. The Balaban J connectivity index is 1.70. The minimum Gasteiger partial charge on any atom is -0.480 e. The largest absolute Gasteiger partial charge is 0.480 e. The van der Waals surface area contributed by atoms with Gasteiger partial charge >= 0.3 is 5.97 Å². The van der Waals surface area contributed by atoms with Crippen molar-refractivity contribution in [2.45, 2.75) is 62.6 Å². The van der Waals surface area contributed by atoms with Crippen LogP contribution in [0.1, 0.15) is 44.9 Å². The van der Waals surface area contributed by atoms with Gasteiger partial charge in [-0.3, -0.25) is 9.69 Å². The Morgan fingerprint density at radius 3 is 2.75 bits per heavy atom. The highest BCUT2D eigenvalue weighted by Gasteiger charge is 2.43. The van der Waals surface area contributed by atoms with Gasteiger partial charge in [-0.15, -0.1) is 0 Å². The molecular weight excluding hydrogens is 274 g/mol. The first-order valence-electron chi connectivity index (χ1n) is 7.88. The summed E-state index contributed by atoms with van der Waals surface area (Å²) in [6, 6.07) is 0.891. The van der Waals surface area contributed by atoms with Gasteiger partial charge in [0, 0.05) is 24.4 Å². The minimum absolute atomic E-state index is 0.0446. The van der Waals surface area contributed by atoms with Gasteiger partial charge in [0.1, 0.15) is 0 Å². The van der Waals surface area contributed by atoms with Crippen LogP contribution < -0.4 is 0 Å². The molecule has 0 bridgehead atoms. The average molecular weight is 299 g/mol. The third-order valence-corrected chi connectivity index (χ3v) is 6.34. The van der Waals surface area contributed by atoms with Crippen LogP contribution in [0.3, 0.4) is 0 Å². The van der Waals surface area contributed by atoms with Crippen molar-refractivity contribution in [3.05, 3.63) is 0 Å². The Hall–Kier alpha value is -0.260. The van der Waals surface area contributed by atoms with Crippen molar-refractivity contribution in [2.24, 2.45) is 0 Å². The van der Waals surface area contributed by atoms with Gasteiger partial charge in [0.15, 0.2) is 0 Å². The molecular formula is C15H25NO3S. The zero-order valence-corrected chi connectivity index (χ0v) is 12.9. The highest BCUT2D eigenvalue weighted by Crippen LogP contribution is 2.40. The van der Waals surface area contributed by atoms with E-state index >= 15 is 0 Å². The number of thioether (sulfide) groups is 1. The summed E-state index contributed by atoms with van der Waals surface area (Å²) in [5, 5.41) is 9.25. The number of carboxylic acids is 1. The average Bonchev–Trinajstić information content (AvgIpc) is 3.08. The summed E-state index contributed by atoms with van der Waals surface area (Å²) in [5.74, 6) is 1.60. The summed E-state index contributed by atoms with van der Waals surface area (Å²) in [6.07, 6.45) is 8.02. The molecule has 20 heavy (non-hydrogen) atoms. The van der Waals surface area contributed by atoms with Crippen molar-refractivity contribution in [1.82, 2.24) is 4.90 Å². The summed E-state index contributed by atoms with van der Waals surface area (Å²) >= 11 is 1.98. The van der Waals surface area contributed by atoms with Gasteiger partial charge in [-0.25, -0.2) is 0 Å². The molecule has 1 saturated carbocycles. The van der Waals surface area contributed by atoms with Gasteiger partial charge < -0.3 is 9.84 Å². The molecule has 0 amide bonds. The second kappa shape index (κ2) is 6.24. The first-order chi connectivity index (χ1) is 9.69. The highest BCUT2D eigenvalue weighted by molar-refractivity contribution is 7.99. The Labute approximate surface area is 125 Å². The van der Waals surface area contributed by atoms with Gasteiger partial charge in [-0.05, 0) is 37.9 Å². The fourth-order valence-corrected chi connectivity index (χ4v) is 5.47. The Morgan fingerprint density at radius 1 is 1.30 bits per heavy atom. The number of carbonyl (C=O) groups is 1. The van der Waals surface area contributed by atoms with Gasteiger partial charge in [-0.2, -0.15) is 11.8 Å². The molecule has 0 radical (unpaired) electrons. The summed E-state index contributed by atoms with van der Waals surface area (Å²) in [4.78, 5) is 13.5. The van der Waals surface area contributed by atoms with Crippen LogP contribution in [-0.4, -0.2) is 58.3 Å². The molecule has 2 atom stereocenters. The zero-order valence-electron chi connectivity index (χ0n) is 12.1. The molecule has 2 aliphatic heterocycles. The number of carboxylic acid groups (broad SMARTS) is 1. The molecule has 114 valence electrons. The minimum atomic E-state index is -0.682. The number of hydrogen-bond acceptors (Lipinski definition) is 4. The highest BCUT2D eigenvalue weighted by atomic mass is 32.2. The molecule has 1 aliphatic carbocycles. The van der Waals surface area contributed by atoms with E-state index in [0.29, 0.717) is 12.1 Å². The first-order valence-corrected chi connectivity index (χ1v) is 9.03. The van der Waals surface area contributed by atoms with E-state index in [0.717, 1.165) is 31.6 Å². The van der Waals surface area contributed by atoms with E-state index in [4.69, 9.17) is 4.74 Å². The van der Waals surface area contributed by atoms with E-state index < -0.39 is 5.97 Å². The fraction of sp³-hybridized carbons (Fsp3) is 0.933. The van der Waals surface area contributed by atoms with Gasteiger partial charge in [-0.1, -0.05) is 12.8 Å². The SMILES string of the molecule is O=C(O)CN(C1CCCC1)C1CCOC2(CCSC2)C1. The van der Waals surface area contributed by atoms with E-state index in [1.54, 1.807) is 0 Å². The van der Waals surface area contributed by atoms with Crippen molar-refractivity contribution in [2.75, 3.05) is 24.7 Å². The maximum Gasteiger partial charge on any atom is 0.317 e. The smallest absolute Gasteiger partial charge is 0.317 e. The van der Waals surface area contributed by atoms with E-state index in [-0.39, 0.29) is 12.1 Å². The lowest BCUT2D eigenvalue weighted by atomic mass is 9.88. The zero-order chi connectivity index (χ0) is 14.0. The van der Waals surface area contributed by atoms with Crippen LogP contribution in [0.2, 0.25) is 0 Å². The normalized spacial score (nSPS) is 35.1. The molecule has 5 heteroatoms. The molecule has 3 fully saturated rings. The van der Waals surface area contributed by atoms with Gasteiger partial charge in [0.05, 0.1) is 12.1 Å². The van der Waals surface area contributed by atoms with Crippen molar-refractivity contribution in [3.8, 4) is 0 Å². The lowest BCUT2D eigenvalue weighted by Crippen LogP contribution is -2.52. The van der Waals surface area contributed by atoms with Crippen molar-refractivity contribution in [3.63, 3.8) is 0 Å². The van der Waals surface area contributed by atoms with Crippen molar-refractivity contribution in [1.29, 1.82) is 0 Å². The predicted molar refractivity (Wildman–Crippen MR) is 80.2 cm³/mol. The molecule has 1 N–H and O–H groups in total. The molecule has 3 aliphatic rings. The summed E-state index contributed by atoms with van der Waals surface area (Å²) in [5.41, 5.74) is 0.0446. The van der Waals surface area contributed by atoms with Crippen LogP contribution in [0.4, 0.5) is 0 Å². The molecule has 0 aromatic carbocycles. The maximum absolute atomic E-state index is 11.2. The molecule has 0 aromatic heterocycles. The van der Waals surface area contributed by atoms with E-state index in [1.165, 1.54) is 31.4 Å². The summed E-state index contributed by atoms with van der Waals surface area (Å²) in [6.45, 7) is 1.01. The number of rotatable bonds is 4. The molecule has 3 rings (SSSR count). The fourth-order valence-electron chi connectivity index (χ4n) is 4.10. The molecule has 1 spiro atoms. The Morgan fingerprint density at radius 2 is 2.10 bits per heavy atom. The number of ether oxygens (including phenoxy) is 1. The molecule has 2 saturated heterocycles. The van der Waals surface area contributed by atoms with E-state index in [2.05, 4.69) is 4.90 Å². The lowest BCUT2D eigenvalue weighted by Gasteiger charge is -2.44. The molecule has 4 nitrogen and oxygen atoms in total. The molecule has 2 heterocycles. The van der Waals surface area contributed by atoms with E-state index in [9.17, 15) is 9.90 Å². The first kappa shape index (κ1) is 14.7. The topological polar surface area (TPSA) is 49.8 Å². The number of aliphatic carboxylic acids is 1. The predicted octanol–water partition coefficient (Wildman–Crippen LogP) is 2.37. The monoisotopic (exact) mass is 299 g/mol. The Bertz CT molecular complexity index is 351.